The van der Waals surface area contributed by atoms with Gasteiger partial charge in [0.05, 0.1) is 11.9 Å². The molecule has 0 atom stereocenters. The van der Waals surface area contributed by atoms with E-state index in [1.54, 1.807) is 16.0 Å². The summed E-state index contributed by atoms with van der Waals surface area (Å²) in [6.07, 6.45) is 4.25. The first-order chi connectivity index (χ1) is 10.5. The minimum Gasteiger partial charge on any atom is -0.343 e. The molecule has 0 aliphatic rings. The highest BCUT2D eigenvalue weighted by molar-refractivity contribution is 5.92. The highest BCUT2D eigenvalue weighted by atomic mass is 16.2. The fraction of sp³-hybridized carbons (Fsp3) is 0.625. The third kappa shape index (κ3) is 5.09. The number of aryl methyl sites for hydroxylation is 1. The number of carbonyl (C=O) groups is 2. The van der Waals surface area contributed by atoms with Gasteiger partial charge in [0.2, 0.25) is 5.91 Å². The van der Waals surface area contributed by atoms with Crippen LogP contribution >= 0.6 is 0 Å². The molecule has 1 heterocycles. The summed E-state index contributed by atoms with van der Waals surface area (Å²) >= 11 is 0. The number of amides is 2. The summed E-state index contributed by atoms with van der Waals surface area (Å²) in [5.74, 6) is -0.0874. The van der Waals surface area contributed by atoms with E-state index < -0.39 is 0 Å². The zero-order valence-electron chi connectivity index (χ0n) is 14.0. The molecule has 0 aromatic carbocycles. The van der Waals surface area contributed by atoms with Gasteiger partial charge in [0.25, 0.3) is 5.91 Å². The lowest BCUT2D eigenvalue weighted by molar-refractivity contribution is -0.131. The van der Waals surface area contributed by atoms with E-state index in [0.29, 0.717) is 38.3 Å². The number of hydrogen-bond donors (Lipinski definition) is 0. The number of nitrogens with zero attached hydrogens (tertiary/aromatic N) is 4. The molecule has 1 aromatic heterocycles. The maximum atomic E-state index is 12.5. The highest BCUT2D eigenvalue weighted by Gasteiger charge is 2.19. The molecule has 22 heavy (non-hydrogen) atoms. The lowest BCUT2D eigenvalue weighted by Crippen LogP contribution is -2.37. The maximum Gasteiger partial charge on any atom is 0.274 e. The molecule has 0 unspecified atom stereocenters. The standard InChI is InChI=1S/C16H26N4O2/c1-5-9-20(10-8-15(21)19(6-2)7-3)16(22)14-12-17-13(4)11-18-14/h11-12H,5-10H2,1-4H3. The second kappa shape index (κ2) is 9.12. The molecule has 1 rings (SSSR count). The average Bonchev–Trinajstić information content (AvgIpc) is 2.52. The van der Waals surface area contributed by atoms with E-state index in [2.05, 4.69) is 9.97 Å². The molecule has 0 N–H and O–H groups in total. The number of aromatic nitrogens is 2. The van der Waals surface area contributed by atoms with Gasteiger partial charge in [-0.05, 0) is 27.2 Å². The van der Waals surface area contributed by atoms with Crippen LogP contribution in [0.3, 0.4) is 0 Å². The molecule has 0 saturated heterocycles. The lowest BCUT2D eigenvalue weighted by atomic mass is 10.2. The van der Waals surface area contributed by atoms with Crippen LogP contribution < -0.4 is 0 Å². The summed E-state index contributed by atoms with van der Waals surface area (Å²) in [4.78, 5) is 36.2. The fourth-order valence-corrected chi connectivity index (χ4v) is 2.21. The van der Waals surface area contributed by atoms with Gasteiger partial charge in [-0.25, -0.2) is 4.98 Å². The summed E-state index contributed by atoms with van der Waals surface area (Å²) in [5, 5.41) is 0. The average molecular weight is 306 g/mol. The summed E-state index contributed by atoms with van der Waals surface area (Å²) in [6, 6.07) is 0. The van der Waals surface area contributed by atoms with Gasteiger partial charge < -0.3 is 9.80 Å². The molecule has 0 radical (unpaired) electrons. The molecule has 0 aliphatic carbocycles. The minimum absolute atomic E-state index is 0.0777. The van der Waals surface area contributed by atoms with E-state index in [-0.39, 0.29) is 11.8 Å². The number of rotatable bonds is 8. The maximum absolute atomic E-state index is 12.5. The number of carbonyl (C=O) groups excluding carboxylic acids is 2. The fourth-order valence-electron chi connectivity index (χ4n) is 2.21. The molecule has 6 heteroatoms. The van der Waals surface area contributed by atoms with E-state index >= 15 is 0 Å². The Hall–Kier alpha value is -1.98. The predicted octanol–water partition coefficient (Wildman–Crippen LogP) is 1.90. The first-order valence-electron chi connectivity index (χ1n) is 7.89. The Kier molecular flexibility index (Phi) is 7.49. The Bertz CT molecular complexity index is 483. The van der Waals surface area contributed by atoms with E-state index in [1.807, 2.05) is 27.7 Å². The zero-order valence-corrected chi connectivity index (χ0v) is 14.0. The van der Waals surface area contributed by atoms with Crippen LogP contribution in [0, 0.1) is 6.92 Å². The Morgan fingerprint density at radius 2 is 1.68 bits per heavy atom. The van der Waals surface area contributed by atoms with Gasteiger partial charge in [-0.15, -0.1) is 0 Å². The van der Waals surface area contributed by atoms with Crippen molar-refractivity contribution in [1.82, 2.24) is 19.8 Å². The number of hydrogen-bond acceptors (Lipinski definition) is 4. The summed E-state index contributed by atoms with van der Waals surface area (Å²) in [5.41, 5.74) is 1.10. The molecular formula is C16H26N4O2. The minimum atomic E-state index is -0.165. The smallest absolute Gasteiger partial charge is 0.274 e. The van der Waals surface area contributed by atoms with Gasteiger partial charge in [0.15, 0.2) is 0 Å². The Morgan fingerprint density at radius 3 is 2.18 bits per heavy atom. The summed E-state index contributed by atoms with van der Waals surface area (Å²) in [7, 11) is 0. The van der Waals surface area contributed by atoms with Crippen molar-refractivity contribution in [2.75, 3.05) is 26.2 Å². The monoisotopic (exact) mass is 306 g/mol. The molecule has 0 aliphatic heterocycles. The van der Waals surface area contributed by atoms with Gasteiger partial charge in [0.1, 0.15) is 5.69 Å². The van der Waals surface area contributed by atoms with Crippen molar-refractivity contribution in [3.63, 3.8) is 0 Å². The van der Waals surface area contributed by atoms with E-state index in [1.165, 1.54) is 6.20 Å². The van der Waals surface area contributed by atoms with Crippen LogP contribution in [0.1, 0.15) is 49.8 Å². The van der Waals surface area contributed by atoms with Gasteiger partial charge in [-0.2, -0.15) is 0 Å². The van der Waals surface area contributed by atoms with Crippen molar-refractivity contribution < 1.29 is 9.59 Å². The molecule has 0 saturated carbocycles. The van der Waals surface area contributed by atoms with Crippen LogP contribution in [0.4, 0.5) is 0 Å². The van der Waals surface area contributed by atoms with Crippen LogP contribution in [0.2, 0.25) is 0 Å². The second-order valence-electron chi connectivity index (χ2n) is 5.15. The van der Waals surface area contributed by atoms with Crippen molar-refractivity contribution in [1.29, 1.82) is 0 Å². The molecule has 0 spiro atoms. The normalized spacial score (nSPS) is 10.4. The highest BCUT2D eigenvalue weighted by Crippen LogP contribution is 2.05. The summed E-state index contributed by atoms with van der Waals surface area (Å²) < 4.78 is 0. The largest absolute Gasteiger partial charge is 0.343 e. The van der Waals surface area contributed by atoms with Crippen molar-refractivity contribution in [2.24, 2.45) is 0 Å². The van der Waals surface area contributed by atoms with Crippen LogP contribution in [-0.2, 0) is 4.79 Å². The van der Waals surface area contributed by atoms with E-state index in [9.17, 15) is 9.59 Å². The van der Waals surface area contributed by atoms with Crippen LogP contribution in [0.25, 0.3) is 0 Å². The summed E-state index contributed by atoms with van der Waals surface area (Å²) in [6.45, 7) is 10.2. The topological polar surface area (TPSA) is 66.4 Å². The van der Waals surface area contributed by atoms with Crippen molar-refractivity contribution >= 4 is 11.8 Å². The van der Waals surface area contributed by atoms with Gasteiger partial charge in [0, 0.05) is 38.8 Å². The first-order valence-corrected chi connectivity index (χ1v) is 7.89. The van der Waals surface area contributed by atoms with Gasteiger partial charge in [-0.3, -0.25) is 14.6 Å². The van der Waals surface area contributed by atoms with E-state index in [4.69, 9.17) is 0 Å². The van der Waals surface area contributed by atoms with Crippen molar-refractivity contribution in [3.8, 4) is 0 Å². The van der Waals surface area contributed by atoms with Crippen molar-refractivity contribution in [2.45, 2.75) is 40.5 Å². The molecule has 0 fully saturated rings. The molecule has 122 valence electrons. The zero-order chi connectivity index (χ0) is 16.5. The second-order valence-corrected chi connectivity index (χ2v) is 5.15. The molecule has 1 aromatic rings. The van der Waals surface area contributed by atoms with Gasteiger partial charge >= 0.3 is 0 Å². The van der Waals surface area contributed by atoms with Crippen LogP contribution in [0.5, 0.6) is 0 Å². The Balaban J connectivity index is 2.70. The molecule has 0 bridgehead atoms. The van der Waals surface area contributed by atoms with Crippen molar-refractivity contribution in [3.05, 3.63) is 23.8 Å². The van der Waals surface area contributed by atoms with Crippen LogP contribution in [-0.4, -0.2) is 57.8 Å². The Labute approximate surface area is 132 Å². The molecule has 6 nitrogen and oxygen atoms in total. The molecule has 2 amide bonds. The third-order valence-corrected chi connectivity index (χ3v) is 3.49. The molecular weight excluding hydrogens is 280 g/mol. The quantitative estimate of drug-likeness (QED) is 0.735. The lowest BCUT2D eigenvalue weighted by Gasteiger charge is -2.24. The van der Waals surface area contributed by atoms with Crippen LogP contribution in [0.15, 0.2) is 12.4 Å². The predicted molar refractivity (Wildman–Crippen MR) is 85.5 cm³/mol. The third-order valence-electron chi connectivity index (χ3n) is 3.49. The Morgan fingerprint density at radius 1 is 1.00 bits per heavy atom. The van der Waals surface area contributed by atoms with Gasteiger partial charge in [-0.1, -0.05) is 6.92 Å². The van der Waals surface area contributed by atoms with E-state index in [0.717, 1.165) is 12.1 Å². The first kappa shape index (κ1) is 18.1. The SMILES string of the molecule is CCCN(CCC(=O)N(CC)CC)C(=O)c1cnc(C)cn1.